The molecule has 0 aromatic carbocycles. The molecular weight excluding hydrogens is 727 g/mol. The van der Waals surface area contributed by atoms with E-state index < -0.39 is 18.2 Å². The number of nitrogens with one attached hydrogen (secondary N) is 1. The van der Waals surface area contributed by atoms with Crippen LogP contribution in [-0.2, 0) is 4.79 Å². The number of aliphatic hydroxyl groups excluding tert-OH is 3. The van der Waals surface area contributed by atoms with Crippen molar-refractivity contribution in [2.75, 3.05) is 6.61 Å². The summed E-state index contributed by atoms with van der Waals surface area (Å²) >= 11 is 0. The standard InChI is InChI=1S/C54H107NO4/c1-3-5-7-9-11-13-15-17-19-21-23-25-26-27-28-29-31-33-35-37-39-41-43-45-47-51(57)49-54(59)55-52(50-56)53(58)48-46-44-42-40-38-36-34-32-30-24-22-20-18-16-14-12-10-8-6-4-2/h27-28,51-53,56-58H,3-26,29-50H2,1-2H3,(H,55,59)/b28-27-. The number of unbranched alkanes of at least 4 members (excludes halogenated alkanes) is 39. The Morgan fingerprint density at radius 2 is 0.678 bits per heavy atom. The summed E-state index contributed by atoms with van der Waals surface area (Å²) in [5.74, 6) is -0.279. The van der Waals surface area contributed by atoms with Gasteiger partial charge in [-0.2, -0.15) is 0 Å². The molecule has 0 aliphatic heterocycles. The third-order valence-electron chi connectivity index (χ3n) is 12.8. The largest absolute Gasteiger partial charge is 0.394 e. The average Bonchev–Trinajstić information content (AvgIpc) is 3.23. The fourth-order valence-corrected chi connectivity index (χ4v) is 8.70. The third kappa shape index (κ3) is 46.4. The maximum Gasteiger partial charge on any atom is 0.222 e. The molecule has 5 nitrogen and oxygen atoms in total. The molecule has 0 aliphatic rings. The molecule has 0 bridgehead atoms. The van der Waals surface area contributed by atoms with Crippen molar-refractivity contribution in [1.29, 1.82) is 0 Å². The first-order valence-electron chi connectivity index (χ1n) is 27.0. The van der Waals surface area contributed by atoms with Crippen LogP contribution in [0.4, 0.5) is 0 Å². The molecule has 0 aromatic heterocycles. The Labute approximate surface area is 369 Å². The van der Waals surface area contributed by atoms with E-state index in [-0.39, 0.29) is 18.9 Å². The van der Waals surface area contributed by atoms with Crippen molar-refractivity contribution in [1.82, 2.24) is 5.32 Å². The second-order valence-corrected chi connectivity index (χ2v) is 18.8. The number of hydrogen-bond donors (Lipinski definition) is 4. The van der Waals surface area contributed by atoms with Gasteiger partial charge in [-0.25, -0.2) is 0 Å². The molecule has 59 heavy (non-hydrogen) atoms. The highest BCUT2D eigenvalue weighted by Crippen LogP contribution is 2.18. The summed E-state index contributed by atoms with van der Waals surface area (Å²) in [5.41, 5.74) is 0. The molecule has 0 spiro atoms. The van der Waals surface area contributed by atoms with Gasteiger partial charge < -0.3 is 20.6 Å². The molecule has 352 valence electrons. The van der Waals surface area contributed by atoms with Crippen molar-refractivity contribution in [2.24, 2.45) is 0 Å². The highest BCUT2D eigenvalue weighted by Gasteiger charge is 2.21. The minimum Gasteiger partial charge on any atom is -0.394 e. The molecule has 0 aromatic rings. The van der Waals surface area contributed by atoms with Gasteiger partial charge in [0.2, 0.25) is 5.91 Å². The van der Waals surface area contributed by atoms with Crippen LogP contribution in [0.2, 0.25) is 0 Å². The number of carbonyl (C=O) groups excluding carboxylic acids is 1. The lowest BCUT2D eigenvalue weighted by Gasteiger charge is -2.23. The monoisotopic (exact) mass is 834 g/mol. The third-order valence-corrected chi connectivity index (χ3v) is 12.8. The maximum absolute atomic E-state index is 12.5. The zero-order valence-electron chi connectivity index (χ0n) is 40.2. The number of allylic oxidation sites excluding steroid dienone is 2. The number of rotatable bonds is 50. The molecule has 0 fully saturated rings. The van der Waals surface area contributed by atoms with Crippen LogP contribution in [0.1, 0.15) is 303 Å². The first-order valence-corrected chi connectivity index (χ1v) is 27.0. The summed E-state index contributed by atoms with van der Waals surface area (Å²) in [4.78, 5) is 12.5. The number of aliphatic hydroxyl groups is 3. The van der Waals surface area contributed by atoms with E-state index in [2.05, 4.69) is 31.3 Å². The predicted octanol–water partition coefficient (Wildman–Crippen LogP) is 16.3. The Kier molecular flexibility index (Phi) is 49.0. The van der Waals surface area contributed by atoms with E-state index in [0.717, 1.165) is 25.7 Å². The fourth-order valence-electron chi connectivity index (χ4n) is 8.70. The molecular formula is C54H107NO4. The van der Waals surface area contributed by atoms with Gasteiger partial charge in [0, 0.05) is 0 Å². The average molecular weight is 834 g/mol. The Balaban J connectivity index is 3.53. The highest BCUT2D eigenvalue weighted by atomic mass is 16.3. The normalized spacial score (nSPS) is 13.4. The number of carbonyl (C=O) groups is 1. The van der Waals surface area contributed by atoms with Gasteiger partial charge in [-0.15, -0.1) is 0 Å². The van der Waals surface area contributed by atoms with E-state index in [0.29, 0.717) is 12.8 Å². The van der Waals surface area contributed by atoms with Gasteiger partial charge >= 0.3 is 0 Å². The van der Waals surface area contributed by atoms with E-state index in [1.165, 1.54) is 244 Å². The van der Waals surface area contributed by atoms with Gasteiger partial charge in [0.1, 0.15) is 0 Å². The molecule has 0 saturated heterocycles. The van der Waals surface area contributed by atoms with E-state index in [4.69, 9.17) is 0 Å². The van der Waals surface area contributed by atoms with Crippen LogP contribution in [0.5, 0.6) is 0 Å². The summed E-state index contributed by atoms with van der Waals surface area (Å²) in [7, 11) is 0. The zero-order chi connectivity index (χ0) is 43.0. The first kappa shape index (κ1) is 58.1. The quantitative estimate of drug-likeness (QED) is 0.0363. The van der Waals surface area contributed by atoms with E-state index in [9.17, 15) is 20.1 Å². The van der Waals surface area contributed by atoms with Crippen LogP contribution in [0.25, 0.3) is 0 Å². The van der Waals surface area contributed by atoms with Crippen LogP contribution in [0.3, 0.4) is 0 Å². The van der Waals surface area contributed by atoms with Crippen LogP contribution >= 0.6 is 0 Å². The first-order chi connectivity index (χ1) is 29.0. The maximum atomic E-state index is 12.5. The molecule has 3 unspecified atom stereocenters. The van der Waals surface area contributed by atoms with E-state index in [1.54, 1.807) is 0 Å². The lowest BCUT2D eigenvalue weighted by Crippen LogP contribution is -2.46. The molecule has 4 N–H and O–H groups in total. The second kappa shape index (κ2) is 49.7. The van der Waals surface area contributed by atoms with Gasteiger partial charge in [0.15, 0.2) is 0 Å². The van der Waals surface area contributed by atoms with Crippen molar-refractivity contribution < 1.29 is 20.1 Å². The Bertz CT molecular complexity index is 833. The van der Waals surface area contributed by atoms with Gasteiger partial charge in [0.05, 0.1) is 31.3 Å². The minimum atomic E-state index is -0.748. The molecule has 0 aliphatic carbocycles. The summed E-state index contributed by atoms with van der Waals surface area (Å²) in [6.07, 6.45) is 60.7. The fraction of sp³-hybridized carbons (Fsp3) is 0.944. The lowest BCUT2D eigenvalue weighted by molar-refractivity contribution is -0.125. The molecule has 0 rings (SSSR count). The topological polar surface area (TPSA) is 89.8 Å². The molecule has 3 atom stereocenters. The Morgan fingerprint density at radius 3 is 0.983 bits per heavy atom. The van der Waals surface area contributed by atoms with Gasteiger partial charge in [-0.05, 0) is 38.5 Å². The van der Waals surface area contributed by atoms with Crippen molar-refractivity contribution in [3.8, 4) is 0 Å². The minimum absolute atomic E-state index is 0.0380. The van der Waals surface area contributed by atoms with Crippen molar-refractivity contribution in [3.63, 3.8) is 0 Å². The molecule has 1 amide bonds. The SMILES string of the molecule is CCCCCCCCCCCCCC/C=C\CCCCCCCCCCC(O)CC(=O)NC(CO)C(O)CCCCCCCCCCCCCCCCCCCCCC. The lowest BCUT2D eigenvalue weighted by atomic mass is 10.0. The van der Waals surface area contributed by atoms with Crippen LogP contribution < -0.4 is 5.32 Å². The summed E-state index contributed by atoms with van der Waals surface area (Å²) < 4.78 is 0. The number of hydrogen-bond acceptors (Lipinski definition) is 4. The summed E-state index contributed by atoms with van der Waals surface area (Å²) in [5, 5.41) is 33.6. The van der Waals surface area contributed by atoms with Crippen LogP contribution in [0, 0.1) is 0 Å². The Hall–Kier alpha value is -0.910. The molecule has 0 saturated carbocycles. The van der Waals surface area contributed by atoms with Gasteiger partial charge in [0.25, 0.3) is 0 Å². The zero-order valence-corrected chi connectivity index (χ0v) is 40.2. The van der Waals surface area contributed by atoms with E-state index >= 15 is 0 Å². The summed E-state index contributed by atoms with van der Waals surface area (Å²) in [6.45, 7) is 4.30. The van der Waals surface area contributed by atoms with Crippen molar-refractivity contribution >= 4 is 5.91 Å². The Morgan fingerprint density at radius 1 is 0.407 bits per heavy atom. The molecule has 0 radical (unpaired) electrons. The predicted molar refractivity (Wildman–Crippen MR) is 259 cm³/mol. The molecule has 5 heteroatoms. The van der Waals surface area contributed by atoms with Crippen LogP contribution in [0.15, 0.2) is 12.2 Å². The van der Waals surface area contributed by atoms with E-state index in [1.807, 2.05) is 0 Å². The van der Waals surface area contributed by atoms with Crippen molar-refractivity contribution in [2.45, 2.75) is 321 Å². The van der Waals surface area contributed by atoms with Gasteiger partial charge in [-0.1, -0.05) is 270 Å². The smallest absolute Gasteiger partial charge is 0.222 e. The van der Waals surface area contributed by atoms with Crippen molar-refractivity contribution in [3.05, 3.63) is 12.2 Å². The second-order valence-electron chi connectivity index (χ2n) is 18.8. The van der Waals surface area contributed by atoms with Gasteiger partial charge in [-0.3, -0.25) is 4.79 Å². The van der Waals surface area contributed by atoms with Crippen LogP contribution in [-0.4, -0.2) is 46.1 Å². The summed E-state index contributed by atoms with van der Waals surface area (Å²) in [6, 6.07) is -0.657. The highest BCUT2D eigenvalue weighted by molar-refractivity contribution is 5.76. The number of amides is 1. The molecule has 0 heterocycles.